The summed E-state index contributed by atoms with van der Waals surface area (Å²) < 4.78 is 1.78. The average Bonchev–Trinajstić information content (AvgIpc) is 2.52. The second-order valence-corrected chi connectivity index (χ2v) is 4.93. The average molecular weight is 242 g/mol. The molecule has 1 nitrogen and oxygen atoms in total. The standard InChI is InChI=1S/C10H5Cl2NS/c11-9-5-7-8(14-9)2-1-6(3-4-13)10(7)12/h1-2,5H,3H2. The molecule has 0 radical (unpaired) electrons. The minimum Gasteiger partial charge on any atom is -0.198 e. The number of nitriles is 1. The van der Waals surface area contributed by atoms with E-state index in [1.165, 1.54) is 11.3 Å². The van der Waals surface area contributed by atoms with Crippen LogP contribution in [0.5, 0.6) is 0 Å². The Kier molecular flexibility index (Phi) is 2.64. The molecule has 0 unspecified atom stereocenters. The molecule has 4 heteroatoms. The summed E-state index contributed by atoms with van der Waals surface area (Å²) in [7, 11) is 0. The number of halogens is 2. The van der Waals surface area contributed by atoms with Gasteiger partial charge < -0.3 is 0 Å². The lowest BCUT2D eigenvalue weighted by Gasteiger charge is -1.99. The third-order valence-electron chi connectivity index (χ3n) is 1.95. The fourth-order valence-corrected chi connectivity index (χ4v) is 2.81. The van der Waals surface area contributed by atoms with E-state index in [4.69, 9.17) is 28.5 Å². The van der Waals surface area contributed by atoms with Gasteiger partial charge in [0.05, 0.1) is 21.8 Å². The first-order valence-corrected chi connectivity index (χ1v) is 5.53. The zero-order valence-corrected chi connectivity index (χ0v) is 9.38. The van der Waals surface area contributed by atoms with Gasteiger partial charge in [0.25, 0.3) is 0 Å². The number of fused-ring (bicyclic) bond motifs is 1. The monoisotopic (exact) mass is 241 g/mol. The van der Waals surface area contributed by atoms with Gasteiger partial charge in [0.15, 0.2) is 0 Å². The Balaban J connectivity index is 2.69. The highest BCUT2D eigenvalue weighted by atomic mass is 35.5. The first-order chi connectivity index (χ1) is 6.72. The van der Waals surface area contributed by atoms with Crippen LogP contribution in [0.4, 0.5) is 0 Å². The first kappa shape index (κ1) is 9.79. The molecule has 1 heterocycles. The van der Waals surface area contributed by atoms with Crippen LogP contribution in [0.15, 0.2) is 18.2 Å². The quantitative estimate of drug-likeness (QED) is 0.732. The summed E-state index contributed by atoms with van der Waals surface area (Å²) in [6.07, 6.45) is 0.336. The molecule has 0 N–H and O–H groups in total. The van der Waals surface area contributed by atoms with Gasteiger partial charge in [-0.15, -0.1) is 11.3 Å². The van der Waals surface area contributed by atoms with Crippen LogP contribution < -0.4 is 0 Å². The summed E-state index contributed by atoms with van der Waals surface area (Å²) in [5.41, 5.74) is 0.858. The van der Waals surface area contributed by atoms with Crippen molar-refractivity contribution in [2.45, 2.75) is 6.42 Å². The Bertz CT molecular complexity index is 525. The highest BCUT2D eigenvalue weighted by molar-refractivity contribution is 7.22. The van der Waals surface area contributed by atoms with Gasteiger partial charge >= 0.3 is 0 Å². The molecule has 0 atom stereocenters. The molecule has 14 heavy (non-hydrogen) atoms. The van der Waals surface area contributed by atoms with Crippen LogP contribution in [-0.2, 0) is 6.42 Å². The molecular formula is C10H5Cl2NS. The number of thiophene rings is 1. The minimum absolute atomic E-state index is 0.336. The predicted octanol–water partition coefficient (Wildman–Crippen LogP) is 4.27. The van der Waals surface area contributed by atoms with Crippen molar-refractivity contribution < 1.29 is 0 Å². The van der Waals surface area contributed by atoms with Crippen LogP contribution in [-0.4, -0.2) is 0 Å². The van der Waals surface area contributed by atoms with Crippen LogP contribution in [0.1, 0.15) is 5.56 Å². The molecule has 0 aliphatic rings. The number of benzene rings is 1. The summed E-state index contributed by atoms with van der Waals surface area (Å²) in [4.78, 5) is 0. The van der Waals surface area contributed by atoms with E-state index in [1.807, 2.05) is 18.2 Å². The van der Waals surface area contributed by atoms with Gasteiger partial charge in [-0.2, -0.15) is 5.26 Å². The molecule has 0 fully saturated rings. The van der Waals surface area contributed by atoms with Gasteiger partial charge in [0, 0.05) is 10.1 Å². The third kappa shape index (κ3) is 1.59. The van der Waals surface area contributed by atoms with E-state index in [1.54, 1.807) is 0 Å². The molecule has 2 aromatic rings. The largest absolute Gasteiger partial charge is 0.198 e. The summed E-state index contributed by atoms with van der Waals surface area (Å²) in [6, 6.07) is 7.74. The van der Waals surface area contributed by atoms with E-state index >= 15 is 0 Å². The van der Waals surface area contributed by atoms with Crippen LogP contribution in [0.2, 0.25) is 9.36 Å². The maximum atomic E-state index is 8.59. The summed E-state index contributed by atoms with van der Waals surface area (Å²) >= 11 is 13.5. The van der Waals surface area contributed by atoms with E-state index in [-0.39, 0.29) is 0 Å². The molecule has 0 saturated carbocycles. The normalized spacial score (nSPS) is 10.4. The van der Waals surface area contributed by atoms with Crippen molar-refractivity contribution in [3.8, 4) is 6.07 Å². The molecule has 1 aromatic heterocycles. The predicted molar refractivity (Wildman–Crippen MR) is 61.2 cm³/mol. The zero-order valence-electron chi connectivity index (χ0n) is 7.05. The molecule has 0 spiro atoms. The molecule has 0 bridgehead atoms. The SMILES string of the molecule is N#CCc1ccc2sc(Cl)cc2c1Cl. The number of hydrogen-bond acceptors (Lipinski definition) is 2. The van der Waals surface area contributed by atoms with Crippen molar-refractivity contribution in [3.63, 3.8) is 0 Å². The summed E-state index contributed by atoms with van der Waals surface area (Å²) in [6.45, 7) is 0. The maximum Gasteiger partial charge on any atom is 0.0941 e. The Morgan fingerprint density at radius 2 is 2.14 bits per heavy atom. The van der Waals surface area contributed by atoms with Gasteiger partial charge in [-0.1, -0.05) is 29.3 Å². The van der Waals surface area contributed by atoms with Crippen molar-refractivity contribution in [1.29, 1.82) is 5.26 Å². The van der Waals surface area contributed by atoms with Crippen LogP contribution in [0.3, 0.4) is 0 Å². The minimum atomic E-state index is 0.336. The van der Waals surface area contributed by atoms with Crippen LogP contribution in [0.25, 0.3) is 10.1 Å². The Morgan fingerprint density at radius 1 is 1.36 bits per heavy atom. The Labute approximate surface area is 95.5 Å². The van der Waals surface area contributed by atoms with Gasteiger partial charge in [0.1, 0.15) is 0 Å². The van der Waals surface area contributed by atoms with Crippen molar-refractivity contribution in [2.75, 3.05) is 0 Å². The van der Waals surface area contributed by atoms with E-state index < -0.39 is 0 Å². The van der Waals surface area contributed by atoms with Gasteiger partial charge in [-0.05, 0) is 17.7 Å². The van der Waals surface area contributed by atoms with E-state index in [0.717, 1.165) is 20.0 Å². The van der Waals surface area contributed by atoms with Gasteiger partial charge in [0.2, 0.25) is 0 Å². The van der Waals surface area contributed by atoms with Crippen LogP contribution in [0, 0.1) is 11.3 Å². The van der Waals surface area contributed by atoms with Crippen molar-refractivity contribution >= 4 is 44.6 Å². The van der Waals surface area contributed by atoms with Gasteiger partial charge in [-0.3, -0.25) is 0 Å². The maximum absolute atomic E-state index is 8.59. The lowest BCUT2D eigenvalue weighted by atomic mass is 10.1. The van der Waals surface area contributed by atoms with Crippen molar-refractivity contribution in [1.82, 2.24) is 0 Å². The van der Waals surface area contributed by atoms with Gasteiger partial charge in [-0.25, -0.2) is 0 Å². The fourth-order valence-electron chi connectivity index (χ4n) is 1.31. The molecule has 0 saturated heterocycles. The number of hydrogen-bond donors (Lipinski definition) is 0. The van der Waals surface area contributed by atoms with E-state index in [2.05, 4.69) is 6.07 Å². The number of rotatable bonds is 1. The molecular weight excluding hydrogens is 237 g/mol. The van der Waals surface area contributed by atoms with E-state index in [0.29, 0.717) is 11.4 Å². The van der Waals surface area contributed by atoms with E-state index in [9.17, 15) is 0 Å². The molecule has 0 aliphatic heterocycles. The molecule has 2 rings (SSSR count). The highest BCUT2D eigenvalue weighted by Gasteiger charge is 2.07. The Morgan fingerprint density at radius 3 is 2.86 bits per heavy atom. The zero-order chi connectivity index (χ0) is 10.1. The lowest BCUT2D eigenvalue weighted by molar-refractivity contribution is 1.27. The van der Waals surface area contributed by atoms with Crippen molar-refractivity contribution in [2.24, 2.45) is 0 Å². The third-order valence-corrected chi connectivity index (χ3v) is 3.63. The highest BCUT2D eigenvalue weighted by Crippen LogP contribution is 2.35. The summed E-state index contributed by atoms with van der Waals surface area (Å²) in [5, 5.41) is 10.2. The number of nitrogens with zero attached hydrogens (tertiary/aromatic N) is 1. The second-order valence-electron chi connectivity index (χ2n) is 2.84. The molecule has 70 valence electrons. The van der Waals surface area contributed by atoms with Crippen molar-refractivity contribution in [3.05, 3.63) is 33.1 Å². The smallest absolute Gasteiger partial charge is 0.0941 e. The molecule has 0 amide bonds. The summed E-state index contributed by atoms with van der Waals surface area (Å²) in [5.74, 6) is 0. The lowest BCUT2D eigenvalue weighted by Crippen LogP contribution is -1.82. The molecule has 1 aromatic carbocycles. The second kappa shape index (κ2) is 3.78. The van der Waals surface area contributed by atoms with Crippen LogP contribution >= 0.6 is 34.5 Å². The first-order valence-electron chi connectivity index (χ1n) is 3.95. The molecule has 0 aliphatic carbocycles. The fraction of sp³-hybridized carbons (Fsp3) is 0.100. The topological polar surface area (TPSA) is 23.8 Å². The Hall–Kier alpha value is -0.750.